The lowest BCUT2D eigenvalue weighted by Crippen LogP contribution is -2.65. The molecule has 1 rings (SSSR count). The molecule has 1 aliphatic heterocycles. The molecule has 0 aliphatic carbocycles. The first kappa shape index (κ1) is 14.7. The molecular formula is C10H14F3NO4. The molecule has 2 atom stereocenters. The number of ether oxygens (including phenoxy) is 1. The van der Waals surface area contributed by atoms with Crippen LogP contribution in [-0.4, -0.2) is 40.9 Å². The fraction of sp³-hybridized carbons (Fsp3) is 0.800. The van der Waals surface area contributed by atoms with E-state index >= 15 is 0 Å². The molecule has 1 fully saturated rings. The van der Waals surface area contributed by atoms with E-state index in [1.165, 1.54) is 12.2 Å². The number of carbonyl (C=O) groups excluding carboxylic acids is 1. The van der Waals surface area contributed by atoms with Gasteiger partial charge >= 0.3 is 12.1 Å². The Morgan fingerprint density at radius 2 is 1.94 bits per heavy atom. The highest BCUT2D eigenvalue weighted by Gasteiger charge is 2.59. The van der Waals surface area contributed by atoms with Crippen LogP contribution in [-0.2, 0) is 14.3 Å². The quantitative estimate of drug-likeness (QED) is 0.803. The summed E-state index contributed by atoms with van der Waals surface area (Å²) in [5.41, 5.74) is -4.72. The van der Waals surface area contributed by atoms with Crippen molar-refractivity contribution >= 4 is 11.9 Å². The molecule has 18 heavy (non-hydrogen) atoms. The second-order valence-corrected chi connectivity index (χ2v) is 4.56. The summed E-state index contributed by atoms with van der Waals surface area (Å²) in [6.45, 7) is 2.01. The van der Waals surface area contributed by atoms with E-state index in [0.29, 0.717) is 13.3 Å². The van der Waals surface area contributed by atoms with Gasteiger partial charge in [-0.05, 0) is 26.7 Å². The van der Waals surface area contributed by atoms with Crippen LogP contribution in [0.1, 0.15) is 26.7 Å². The number of alkyl halides is 3. The maximum Gasteiger partial charge on any atom is 0.422 e. The molecule has 0 spiro atoms. The molecule has 104 valence electrons. The van der Waals surface area contributed by atoms with E-state index in [2.05, 4.69) is 0 Å². The molecule has 1 amide bonds. The number of carbonyl (C=O) groups is 2. The summed E-state index contributed by atoms with van der Waals surface area (Å²) in [5, 5.41) is 10.2. The number of rotatable bonds is 3. The summed E-state index contributed by atoms with van der Waals surface area (Å²) in [7, 11) is 0. The molecule has 8 heteroatoms. The van der Waals surface area contributed by atoms with Crippen molar-refractivity contribution in [3.8, 4) is 0 Å². The summed E-state index contributed by atoms with van der Waals surface area (Å²) in [4.78, 5) is 22.5. The molecule has 1 heterocycles. The average molecular weight is 269 g/mol. The maximum absolute atomic E-state index is 12.7. The standard InChI is InChI=1S/C10H14F3NO4/c1-8(4-3-5-18-8)6(15)14-9(2,7(16)17)10(11,12)13/h3-5H2,1-2H3,(H,14,15)(H,16,17). The molecule has 2 unspecified atom stereocenters. The Bertz CT molecular complexity index is 363. The van der Waals surface area contributed by atoms with Crippen molar-refractivity contribution in [2.75, 3.05) is 6.61 Å². The van der Waals surface area contributed by atoms with E-state index < -0.39 is 29.2 Å². The Hall–Kier alpha value is -1.31. The van der Waals surface area contributed by atoms with E-state index in [-0.39, 0.29) is 13.0 Å². The van der Waals surface area contributed by atoms with Crippen molar-refractivity contribution in [3.05, 3.63) is 0 Å². The largest absolute Gasteiger partial charge is 0.479 e. The van der Waals surface area contributed by atoms with Crippen molar-refractivity contribution < 1.29 is 32.6 Å². The number of carboxylic acid groups (broad SMARTS) is 1. The van der Waals surface area contributed by atoms with Crippen LogP contribution in [0.5, 0.6) is 0 Å². The number of carboxylic acids is 1. The third-order valence-corrected chi connectivity index (χ3v) is 3.06. The Balaban J connectivity index is 2.92. The minimum Gasteiger partial charge on any atom is -0.479 e. The third-order valence-electron chi connectivity index (χ3n) is 3.06. The average Bonchev–Trinajstić information content (AvgIpc) is 2.64. The van der Waals surface area contributed by atoms with E-state index in [1.807, 2.05) is 0 Å². The third kappa shape index (κ3) is 2.43. The minimum absolute atomic E-state index is 0.256. The van der Waals surface area contributed by atoms with Crippen LogP contribution >= 0.6 is 0 Å². The predicted octanol–water partition coefficient (Wildman–Crippen LogP) is 1.08. The van der Waals surface area contributed by atoms with Crippen LogP contribution in [0.4, 0.5) is 13.2 Å². The first-order valence-electron chi connectivity index (χ1n) is 5.30. The van der Waals surface area contributed by atoms with Crippen molar-refractivity contribution in [1.82, 2.24) is 5.32 Å². The van der Waals surface area contributed by atoms with Crippen LogP contribution < -0.4 is 5.32 Å². The van der Waals surface area contributed by atoms with Crippen LogP contribution in [0, 0.1) is 0 Å². The molecule has 0 aromatic heterocycles. The topological polar surface area (TPSA) is 75.6 Å². The van der Waals surface area contributed by atoms with Gasteiger partial charge in [-0.15, -0.1) is 0 Å². The van der Waals surface area contributed by atoms with Crippen molar-refractivity contribution in [2.45, 2.75) is 44.0 Å². The smallest absolute Gasteiger partial charge is 0.422 e. The van der Waals surface area contributed by atoms with Crippen LogP contribution in [0.2, 0.25) is 0 Å². The van der Waals surface area contributed by atoms with Crippen LogP contribution in [0.3, 0.4) is 0 Å². The summed E-state index contributed by atoms with van der Waals surface area (Å²) < 4.78 is 43.1. The summed E-state index contributed by atoms with van der Waals surface area (Å²) >= 11 is 0. The number of hydrogen-bond donors (Lipinski definition) is 2. The molecule has 2 N–H and O–H groups in total. The first-order valence-corrected chi connectivity index (χ1v) is 5.30. The lowest BCUT2D eigenvalue weighted by molar-refractivity contribution is -0.209. The number of nitrogens with one attached hydrogen (secondary N) is 1. The van der Waals surface area contributed by atoms with Crippen molar-refractivity contribution in [3.63, 3.8) is 0 Å². The highest BCUT2D eigenvalue weighted by Crippen LogP contribution is 2.32. The van der Waals surface area contributed by atoms with E-state index in [1.54, 1.807) is 0 Å². The van der Waals surface area contributed by atoms with Gasteiger partial charge in [0.25, 0.3) is 5.91 Å². The minimum atomic E-state index is -5.09. The van der Waals surface area contributed by atoms with Gasteiger partial charge in [0.1, 0.15) is 5.60 Å². The SMILES string of the molecule is CC1(C(=O)NC(C)(C(=O)O)C(F)(F)F)CCCO1. The Morgan fingerprint density at radius 3 is 2.28 bits per heavy atom. The normalized spacial score (nSPS) is 27.6. The fourth-order valence-electron chi connectivity index (χ4n) is 1.56. The predicted molar refractivity (Wildman–Crippen MR) is 53.8 cm³/mol. The zero-order valence-electron chi connectivity index (χ0n) is 9.93. The first-order chi connectivity index (χ1) is 8.03. The Kier molecular flexibility index (Phi) is 3.62. The number of halogens is 3. The van der Waals surface area contributed by atoms with Gasteiger partial charge in [-0.3, -0.25) is 4.79 Å². The molecule has 5 nitrogen and oxygen atoms in total. The van der Waals surface area contributed by atoms with Gasteiger partial charge in [0.2, 0.25) is 5.54 Å². The number of amides is 1. The molecular weight excluding hydrogens is 255 g/mol. The monoisotopic (exact) mass is 269 g/mol. The Morgan fingerprint density at radius 1 is 1.39 bits per heavy atom. The molecule has 1 saturated heterocycles. The molecule has 1 aliphatic rings. The molecule has 0 aromatic rings. The summed E-state index contributed by atoms with van der Waals surface area (Å²) in [6.07, 6.45) is -4.30. The summed E-state index contributed by atoms with van der Waals surface area (Å²) in [6, 6.07) is 0. The van der Waals surface area contributed by atoms with Crippen LogP contribution in [0.15, 0.2) is 0 Å². The van der Waals surface area contributed by atoms with Gasteiger partial charge in [0.15, 0.2) is 0 Å². The number of aliphatic carboxylic acids is 1. The van der Waals surface area contributed by atoms with Gasteiger partial charge in [0, 0.05) is 6.61 Å². The highest BCUT2D eigenvalue weighted by molar-refractivity contribution is 5.91. The van der Waals surface area contributed by atoms with Crippen molar-refractivity contribution in [2.24, 2.45) is 0 Å². The Labute approximate surface area is 101 Å². The van der Waals surface area contributed by atoms with Gasteiger partial charge in [0.05, 0.1) is 0 Å². The second-order valence-electron chi connectivity index (χ2n) is 4.56. The molecule has 0 bridgehead atoms. The highest BCUT2D eigenvalue weighted by atomic mass is 19.4. The zero-order valence-corrected chi connectivity index (χ0v) is 9.93. The van der Waals surface area contributed by atoms with E-state index in [4.69, 9.17) is 9.84 Å². The lowest BCUT2D eigenvalue weighted by Gasteiger charge is -2.32. The van der Waals surface area contributed by atoms with Gasteiger partial charge < -0.3 is 15.2 Å². The summed E-state index contributed by atoms with van der Waals surface area (Å²) in [5.74, 6) is -3.23. The lowest BCUT2D eigenvalue weighted by atomic mass is 9.96. The van der Waals surface area contributed by atoms with Gasteiger partial charge in [-0.25, -0.2) is 4.79 Å². The molecule has 0 radical (unpaired) electrons. The van der Waals surface area contributed by atoms with E-state index in [0.717, 1.165) is 0 Å². The fourth-order valence-corrected chi connectivity index (χ4v) is 1.56. The molecule has 0 saturated carbocycles. The molecule has 0 aromatic carbocycles. The zero-order chi connectivity index (χ0) is 14.2. The second kappa shape index (κ2) is 4.42. The maximum atomic E-state index is 12.7. The number of hydrogen-bond acceptors (Lipinski definition) is 3. The van der Waals surface area contributed by atoms with Crippen molar-refractivity contribution in [1.29, 1.82) is 0 Å². The van der Waals surface area contributed by atoms with Gasteiger partial charge in [-0.1, -0.05) is 0 Å². The van der Waals surface area contributed by atoms with E-state index in [9.17, 15) is 22.8 Å². The van der Waals surface area contributed by atoms with Gasteiger partial charge in [-0.2, -0.15) is 13.2 Å². The van der Waals surface area contributed by atoms with Crippen LogP contribution in [0.25, 0.3) is 0 Å².